The number of allylic oxidation sites excluding steroid dienone is 9. The van der Waals surface area contributed by atoms with E-state index in [1.807, 2.05) is 27.2 Å². The number of carbonyl (C=O) groups excluding carboxylic acids is 1. The number of quaternary nitrogens is 1. The minimum Gasteiger partial charge on any atom is -0.756 e. The minimum atomic E-state index is -4.61. The van der Waals surface area contributed by atoms with E-state index in [0.717, 1.165) is 51.4 Å². The second kappa shape index (κ2) is 59.8. The molecule has 0 aromatic heterocycles. The Balaban J connectivity index is 4.03. The summed E-state index contributed by atoms with van der Waals surface area (Å²) in [6.07, 6.45) is 82.0. The fourth-order valence-corrected chi connectivity index (χ4v) is 10.6. The van der Waals surface area contributed by atoms with Gasteiger partial charge in [-0.05, 0) is 77.0 Å². The molecule has 0 aromatic carbocycles. The number of carbonyl (C=O) groups is 1. The maximum absolute atomic E-state index is 13.0. The standard InChI is InChI=1S/C69H131N2O6P/c1-6-8-10-12-14-16-18-20-22-24-26-27-28-29-30-31-32-33-34-35-36-37-38-39-40-41-42-43-45-47-49-51-53-55-57-59-61-63-69(73)70-67(66-77-78(74,75)76-65-64-71(3,4)5)68(72)62-60-58-56-54-52-50-48-46-44-25-23-21-19-17-15-13-11-9-7-2/h30-31,33-34,44,46,52,54,60,62,67-68,72H,6-29,32,35-43,45,47-51,53,55-59,61,63-66H2,1-5H3,(H-,70,73,74,75)/b31-30-,34-33-,46-44+,54-52+,62-60+. The van der Waals surface area contributed by atoms with Crippen LogP contribution in [-0.4, -0.2) is 68.5 Å². The lowest BCUT2D eigenvalue weighted by Crippen LogP contribution is -2.45. The summed E-state index contributed by atoms with van der Waals surface area (Å²) in [7, 11) is 1.24. The maximum Gasteiger partial charge on any atom is 0.268 e. The van der Waals surface area contributed by atoms with Crippen LogP contribution in [-0.2, 0) is 18.4 Å². The number of aliphatic hydroxyl groups excluding tert-OH is 1. The number of amides is 1. The molecule has 0 saturated heterocycles. The number of hydrogen-bond acceptors (Lipinski definition) is 6. The van der Waals surface area contributed by atoms with Gasteiger partial charge in [0.2, 0.25) is 5.91 Å². The van der Waals surface area contributed by atoms with Gasteiger partial charge in [0.05, 0.1) is 39.9 Å². The average molecular weight is 1120 g/mol. The number of rotatable bonds is 62. The van der Waals surface area contributed by atoms with Crippen molar-refractivity contribution in [3.63, 3.8) is 0 Å². The highest BCUT2D eigenvalue weighted by molar-refractivity contribution is 7.45. The Labute approximate surface area is 485 Å². The van der Waals surface area contributed by atoms with Gasteiger partial charge >= 0.3 is 0 Å². The smallest absolute Gasteiger partial charge is 0.268 e. The van der Waals surface area contributed by atoms with Gasteiger partial charge in [0.1, 0.15) is 13.2 Å². The first-order valence-electron chi connectivity index (χ1n) is 33.7. The summed E-state index contributed by atoms with van der Waals surface area (Å²) in [4.78, 5) is 25.6. The molecule has 0 aromatic rings. The predicted molar refractivity (Wildman–Crippen MR) is 339 cm³/mol. The lowest BCUT2D eigenvalue weighted by molar-refractivity contribution is -0.870. The number of nitrogens with zero attached hydrogens (tertiary/aromatic N) is 1. The second-order valence-corrected chi connectivity index (χ2v) is 25.6. The van der Waals surface area contributed by atoms with Gasteiger partial charge in [-0.15, -0.1) is 0 Å². The quantitative estimate of drug-likeness (QED) is 0.0272. The highest BCUT2D eigenvalue weighted by Gasteiger charge is 2.23. The van der Waals surface area contributed by atoms with Gasteiger partial charge < -0.3 is 28.8 Å². The summed E-state index contributed by atoms with van der Waals surface area (Å²) in [6, 6.07) is -0.912. The predicted octanol–water partition coefficient (Wildman–Crippen LogP) is 20.6. The fourth-order valence-electron chi connectivity index (χ4n) is 9.92. The van der Waals surface area contributed by atoms with Gasteiger partial charge in [-0.25, -0.2) is 0 Å². The molecule has 458 valence electrons. The van der Waals surface area contributed by atoms with Crippen molar-refractivity contribution in [3.05, 3.63) is 60.8 Å². The number of nitrogens with one attached hydrogen (secondary N) is 1. The van der Waals surface area contributed by atoms with Crippen molar-refractivity contribution in [2.45, 2.75) is 334 Å². The first-order chi connectivity index (χ1) is 38.0. The van der Waals surface area contributed by atoms with Crippen LogP contribution in [0.15, 0.2) is 60.8 Å². The molecular weight excluding hydrogens is 984 g/mol. The zero-order chi connectivity index (χ0) is 57.0. The third kappa shape index (κ3) is 61.8. The molecule has 3 unspecified atom stereocenters. The Morgan fingerprint density at radius 1 is 0.449 bits per heavy atom. The Morgan fingerprint density at radius 2 is 0.756 bits per heavy atom. The number of unbranched alkanes of at least 4 members (excludes halogenated alkanes) is 41. The van der Waals surface area contributed by atoms with Gasteiger partial charge in [-0.2, -0.15) is 0 Å². The molecule has 0 aliphatic rings. The maximum atomic E-state index is 13.0. The molecule has 0 radical (unpaired) electrons. The number of phosphoric ester groups is 1. The van der Waals surface area contributed by atoms with E-state index < -0.39 is 26.6 Å². The molecule has 78 heavy (non-hydrogen) atoms. The first-order valence-corrected chi connectivity index (χ1v) is 35.1. The third-order valence-electron chi connectivity index (χ3n) is 15.2. The molecule has 0 heterocycles. The molecule has 1 amide bonds. The van der Waals surface area contributed by atoms with Crippen molar-refractivity contribution in [1.29, 1.82) is 0 Å². The van der Waals surface area contributed by atoms with Crippen molar-refractivity contribution in [2.75, 3.05) is 40.9 Å². The van der Waals surface area contributed by atoms with Crippen molar-refractivity contribution in [2.24, 2.45) is 0 Å². The van der Waals surface area contributed by atoms with E-state index in [4.69, 9.17) is 9.05 Å². The fraction of sp³-hybridized carbons (Fsp3) is 0.841. The van der Waals surface area contributed by atoms with E-state index in [9.17, 15) is 19.4 Å². The van der Waals surface area contributed by atoms with Crippen LogP contribution in [0.3, 0.4) is 0 Å². The molecular formula is C69H131N2O6P. The lowest BCUT2D eigenvalue weighted by atomic mass is 10.0. The van der Waals surface area contributed by atoms with Crippen LogP contribution in [0.4, 0.5) is 0 Å². The second-order valence-electron chi connectivity index (χ2n) is 24.2. The normalized spacial score (nSPS) is 14.1. The highest BCUT2D eigenvalue weighted by Crippen LogP contribution is 2.38. The van der Waals surface area contributed by atoms with E-state index >= 15 is 0 Å². The molecule has 9 heteroatoms. The van der Waals surface area contributed by atoms with E-state index in [1.165, 1.54) is 250 Å². The minimum absolute atomic E-state index is 0.00949. The number of aliphatic hydroxyl groups is 1. The molecule has 2 N–H and O–H groups in total. The average Bonchev–Trinajstić information content (AvgIpc) is 3.41. The van der Waals surface area contributed by atoms with E-state index in [1.54, 1.807) is 6.08 Å². The van der Waals surface area contributed by atoms with Crippen molar-refractivity contribution in [3.8, 4) is 0 Å². The molecule has 0 rings (SSSR count). The molecule has 0 aliphatic carbocycles. The van der Waals surface area contributed by atoms with E-state index in [-0.39, 0.29) is 12.5 Å². The molecule has 0 aliphatic heterocycles. The van der Waals surface area contributed by atoms with Crippen molar-refractivity contribution >= 4 is 13.7 Å². The van der Waals surface area contributed by atoms with Gasteiger partial charge in [-0.1, -0.05) is 299 Å². The molecule has 3 atom stereocenters. The van der Waals surface area contributed by atoms with Gasteiger partial charge in [0.25, 0.3) is 7.82 Å². The number of hydrogen-bond donors (Lipinski definition) is 2. The van der Waals surface area contributed by atoms with Crippen LogP contribution in [0.5, 0.6) is 0 Å². The summed E-state index contributed by atoms with van der Waals surface area (Å²) in [5, 5.41) is 13.9. The summed E-state index contributed by atoms with van der Waals surface area (Å²) >= 11 is 0. The van der Waals surface area contributed by atoms with Gasteiger partial charge in [0.15, 0.2) is 0 Å². The van der Waals surface area contributed by atoms with Crippen LogP contribution < -0.4 is 10.2 Å². The van der Waals surface area contributed by atoms with Crippen LogP contribution in [0.2, 0.25) is 0 Å². The Hall–Kier alpha value is -1.80. The summed E-state index contributed by atoms with van der Waals surface area (Å²) in [6.45, 7) is 4.65. The highest BCUT2D eigenvalue weighted by atomic mass is 31.2. The lowest BCUT2D eigenvalue weighted by Gasteiger charge is -2.29. The van der Waals surface area contributed by atoms with Crippen LogP contribution in [0.25, 0.3) is 0 Å². The Kier molecular flexibility index (Phi) is 58.4. The Morgan fingerprint density at radius 3 is 1.12 bits per heavy atom. The van der Waals surface area contributed by atoms with Crippen LogP contribution in [0, 0.1) is 0 Å². The van der Waals surface area contributed by atoms with E-state index in [0.29, 0.717) is 17.4 Å². The largest absolute Gasteiger partial charge is 0.756 e. The molecule has 0 saturated carbocycles. The van der Waals surface area contributed by atoms with Crippen LogP contribution in [0.1, 0.15) is 322 Å². The zero-order valence-corrected chi connectivity index (χ0v) is 53.3. The molecule has 0 spiro atoms. The molecule has 0 bridgehead atoms. The number of phosphoric acid groups is 1. The number of likely N-dealkylation sites (N-methyl/N-ethyl adjacent to an activating group) is 1. The zero-order valence-electron chi connectivity index (χ0n) is 52.4. The SMILES string of the molecule is CCCCCCCCCCC/C=C/CC/C=C/CC/C=C/C(O)C(COP(=O)([O-])OCC[N+](C)(C)C)NC(=O)CCCCCCCCCCCCCCCCCCC/C=C\C/C=C\CCCCCCCCCCCCCCC. The van der Waals surface area contributed by atoms with Gasteiger partial charge in [-0.3, -0.25) is 9.36 Å². The topological polar surface area (TPSA) is 108 Å². The Bertz CT molecular complexity index is 1450. The van der Waals surface area contributed by atoms with Crippen LogP contribution >= 0.6 is 7.82 Å². The first kappa shape index (κ1) is 76.2. The van der Waals surface area contributed by atoms with E-state index in [2.05, 4.69) is 67.8 Å². The summed E-state index contributed by atoms with van der Waals surface area (Å²) < 4.78 is 23.4. The molecule has 0 fully saturated rings. The van der Waals surface area contributed by atoms with Gasteiger partial charge in [0, 0.05) is 6.42 Å². The monoisotopic (exact) mass is 1110 g/mol. The van der Waals surface area contributed by atoms with Crippen molar-refractivity contribution < 1.29 is 32.9 Å². The van der Waals surface area contributed by atoms with Crippen molar-refractivity contribution in [1.82, 2.24) is 5.32 Å². The summed E-state index contributed by atoms with van der Waals surface area (Å²) in [5.74, 6) is -0.208. The summed E-state index contributed by atoms with van der Waals surface area (Å²) in [5.41, 5.74) is 0. The third-order valence-corrected chi connectivity index (χ3v) is 16.1. The molecule has 8 nitrogen and oxygen atoms in total.